The van der Waals surface area contributed by atoms with E-state index in [1.165, 1.54) is 6.07 Å². The van der Waals surface area contributed by atoms with Gasteiger partial charge in [0.2, 0.25) is 0 Å². The fraction of sp³-hybridized carbons (Fsp3) is 0.263. The summed E-state index contributed by atoms with van der Waals surface area (Å²) in [6, 6.07) is 10.1. The van der Waals surface area contributed by atoms with Crippen LogP contribution in [0.1, 0.15) is 23.2 Å². The minimum absolute atomic E-state index is 0.0610. The van der Waals surface area contributed by atoms with Gasteiger partial charge in [0.25, 0.3) is 0 Å². The predicted octanol–water partition coefficient (Wildman–Crippen LogP) is 4.37. The zero-order valence-electron chi connectivity index (χ0n) is 13.7. The van der Waals surface area contributed by atoms with E-state index >= 15 is 0 Å². The molecule has 0 fully saturated rings. The summed E-state index contributed by atoms with van der Waals surface area (Å²) in [4.78, 5) is 0.0610. The quantitative estimate of drug-likeness (QED) is 0.679. The summed E-state index contributed by atoms with van der Waals surface area (Å²) in [7, 11) is -3.54. The summed E-state index contributed by atoms with van der Waals surface area (Å²) in [6.45, 7) is 0.539. The van der Waals surface area contributed by atoms with Gasteiger partial charge in [-0.25, -0.2) is 12.8 Å². The van der Waals surface area contributed by atoms with E-state index < -0.39 is 15.7 Å². The van der Waals surface area contributed by atoms with E-state index in [-0.39, 0.29) is 4.90 Å². The summed E-state index contributed by atoms with van der Waals surface area (Å²) in [5.41, 5.74) is 3.83. The Morgan fingerprint density at radius 2 is 1.88 bits per heavy atom. The van der Waals surface area contributed by atoms with Crippen molar-refractivity contribution in [3.63, 3.8) is 0 Å². The number of rotatable bonds is 3. The first kappa shape index (κ1) is 16.6. The molecule has 0 amide bonds. The van der Waals surface area contributed by atoms with Crippen LogP contribution in [-0.4, -0.2) is 19.2 Å². The van der Waals surface area contributed by atoms with Gasteiger partial charge in [0.05, 0.1) is 10.4 Å². The number of aryl methyl sites for hydroxylation is 1. The molecule has 25 heavy (non-hydrogen) atoms. The largest absolute Gasteiger partial charge is 0.339 e. The molecule has 2 aromatic carbocycles. The lowest BCUT2D eigenvalue weighted by molar-refractivity contribution is 0.596. The third-order valence-electron chi connectivity index (χ3n) is 4.80. The minimum atomic E-state index is -3.54. The molecule has 1 aliphatic carbocycles. The Balaban J connectivity index is 2.01. The molecule has 0 atom stereocenters. The van der Waals surface area contributed by atoms with E-state index in [9.17, 15) is 12.8 Å². The van der Waals surface area contributed by atoms with Gasteiger partial charge in [0, 0.05) is 28.9 Å². The van der Waals surface area contributed by atoms with E-state index in [4.69, 9.17) is 11.6 Å². The first-order chi connectivity index (χ1) is 11.8. The number of fused-ring (bicyclic) bond motifs is 3. The summed E-state index contributed by atoms with van der Waals surface area (Å²) >= 11 is 5.96. The van der Waals surface area contributed by atoms with Gasteiger partial charge in [0.1, 0.15) is 5.82 Å². The lowest BCUT2D eigenvalue weighted by Gasteiger charge is -2.12. The summed E-state index contributed by atoms with van der Waals surface area (Å²) in [5.74, 6) is -0.508. The highest BCUT2D eigenvalue weighted by atomic mass is 35.5. The number of halogens is 2. The van der Waals surface area contributed by atoms with Crippen LogP contribution in [0.25, 0.3) is 10.9 Å². The van der Waals surface area contributed by atoms with Crippen molar-refractivity contribution >= 4 is 32.3 Å². The fourth-order valence-electron chi connectivity index (χ4n) is 3.76. The molecule has 1 aliphatic rings. The second kappa shape index (κ2) is 5.85. The van der Waals surface area contributed by atoms with Crippen LogP contribution in [0.4, 0.5) is 4.39 Å². The van der Waals surface area contributed by atoms with Crippen LogP contribution in [-0.2, 0) is 29.2 Å². The van der Waals surface area contributed by atoms with E-state index in [1.54, 1.807) is 0 Å². The summed E-state index contributed by atoms with van der Waals surface area (Å²) in [5, 5.41) is 1.38. The molecule has 0 saturated carbocycles. The number of hydrogen-bond acceptors (Lipinski definition) is 2. The second-order valence-corrected chi connectivity index (χ2v) is 8.98. The van der Waals surface area contributed by atoms with E-state index in [0.29, 0.717) is 17.1 Å². The Morgan fingerprint density at radius 1 is 1.16 bits per heavy atom. The van der Waals surface area contributed by atoms with Gasteiger partial charge >= 0.3 is 0 Å². The zero-order chi connectivity index (χ0) is 17.8. The van der Waals surface area contributed by atoms with Crippen molar-refractivity contribution < 1.29 is 12.8 Å². The van der Waals surface area contributed by atoms with Crippen LogP contribution in [0.15, 0.2) is 41.3 Å². The van der Waals surface area contributed by atoms with Crippen LogP contribution in [0.2, 0.25) is 5.02 Å². The van der Waals surface area contributed by atoms with Crippen LogP contribution in [0.3, 0.4) is 0 Å². The van der Waals surface area contributed by atoms with Crippen molar-refractivity contribution in [2.24, 2.45) is 0 Å². The molecular weight excluding hydrogens is 361 g/mol. The lowest BCUT2D eigenvalue weighted by atomic mass is 10.1. The maximum absolute atomic E-state index is 14.1. The van der Waals surface area contributed by atoms with Crippen molar-refractivity contribution in [1.29, 1.82) is 0 Å². The highest BCUT2D eigenvalue weighted by Crippen LogP contribution is 2.37. The number of sulfone groups is 1. The highest BCUT2D eigenvalue weighted by Gasteiger charge is 2.26. The van der Waals surface area contributed by atoms with E-state index in [2.05, 4.69) is 0 Å². The van der Waals surface area contributed by atoms with Gasteiger partial charge in [0.15, 0.2) is 9.84 Å². The van der Waals surface area contributed by atoms with E-state index in [0.717, 1.165) is 53.8 Å². The van der Waals surface area contributed by atoms with Gasteiger partial charge < -0.3 is 4.57 Å². The highest BCUT2D eigenvalue weighted by molar-refractivity contribution is 7.91. The van der Waals surface area contributed by atoms with Crippen molar-refractivity contribution in [3.8, 4) is 0 Å². The molecule has 0 unspecified atom stereocenters. The molecule has 0 aliphatic heterocycles. The molecule has 6 heteroatoms. The first-order valence-electron chi connectivity index (χ1n) is 8.12. The number of hydrogen-bond donors (Lipinski definition) is 0. The Kier molecular flexibility index (Phi) is 3.89. The molecule has 4 rings (SSSR count). The second-order valence-electron chi connectivity index (χ2n) is 6.56. The van der Waals surface area contributed by atoms with Crippen molar-refractivity contribution in [1.82, 2.24) is 4.57 Å². The molecule has 0 N–H and O–H groups in total. The van der Waals surface area contributed by atoms with Crippen LogP contribution in [0.5, 0.6) is 0 Å². The Labute approximate surface area is 151 Å². The Morgan fingerprint density at radius 3 is 2.56 bits per heavy atom. The van der Waals surface area contributed by atoms with Crippen molar-refractivity contribution in [3.05, 3.63) is 64.1 Å². The molecule has 0 radical (unpaired) electrons. The molecule has 1 heterocycles. The van der Waals surface area contributed by atoms with Gasteiger partial charge in [-0.05, 0) is 54.7 Å². The summed E-state index contributed by atoms with van der Waals surface area (Å²) < 4.78 is 40.7. The monoisotopic (exact) mass is 377 g/mol. The minimum Gasteiger partial charge on any atom is -0.339 e. The molecule has 3 nitrogen and oxygen atoms in total. The number of aromatic nitrogens is 1. The van der Waals surface area contributed by atoms with Crippen LogP contribution >= 0.6 is 11.6 Å². The number of benzene rings is 2. The molecule has 130 valence electrons. The van der Waals surface area contributed by atoms with Gasteiger partial charge in [-0.15, -0.1) is 0 Å². The third-order valence-corrected chi connectivity index (χ3v) is 6.16. The average Bonchev–Trinajstić information content (AvgIpc) is 3.11. The lowest BCUT2D eigenvalue weighted by Crippen LogP contribution is -2.07. The van der Waals surface area contributed by atoms with Gasteiger partial charge in [-0.2, -0.15) is 0 Å². The molecule has 1 aromatic heterocycles. The normalized spacial score (nSPS) is 14.2. The molecule has 0 saturated heterocycles. The zero-order valence-corrected chi connectivity index (χ0v) is 15.3. The predicted molar refractivity (Wildman–Crippen MR) is 97.6 cm³/mol. The fourth-order valence-corrected chi connectivity index (χ4v) is 4.79. The Bertz CT molecular complexity index is 1090. The van der Waals surface area contributed by atoms with Crippen molar-refractivity contribution in [2.45, 2.75) is 30.7 Å². The van der Waals surface area contributed by atoms with Crippen LogP contribution in [0, 0.1) is 5.82 Å². The topological polar surface area (TPSA) is 39.1 Å². The third kappa shape index (κ3) is 2.85. The smallest absolute Gasteiger partial charge is 0.177 e. The van der Waals surface area contributed by atoms with Crippen LogP contribution < -0.4 is 0 Å². The maximum atomic E-state index is 14.1. The SMILES string of the molecule is CS(=O)(=O)c1cc(F)cc2c3c(n(Cc4ccc(Cl)cc4)c12)CCC3. The van der Waals surface area contributed by atoms with Gasteiger partial charge in [-0.1, -0.05) is 23.7 Å². The molecule has 0 bridgehead atoms. The van der Waals surface area contributed by atoms with Crippen molar-refractivity contribution in [2.75, 3.05) is 6.26 Å². The molecular formula is C19H17ClFNO2S. The first-order valence-corrected chi connectivity index (χ1v) is 10.4. The summed E-state index contributed by atoms with van der Waals surface area (Å²) in [6.07, 6.45) is 3.87. The standard InChI is InChI=1S/C19H17ClFNO2S/c1-25(23,24)18-10-14(21)9-16-15-3-2-4-17(15)22(19(16)18)11-12-5-7-13(20)8-6-12/h5-10H,2-4,11H2,1H3. The maximum Gasteiger partial charge on any atom is 0.177 e. The van der Waals surface area contributed by atoms with Gasteiger partial charge in [-0.3, -0.25) is 0 Å². The number of nitrogens with zero attached hydrogens (tertiary/aromatic N) is 1. The molecule has 0 spiro atoms. The van der Waals surface area contributed by atoms with E-state index in [1.807, 2.05) is 28.8 Å². The average molecular weight is 378 g/mol. The Hall–Kier alpha value is -1.85. The molecule has 3 aromatic rings.